The summed E-state index contributed by atoms with van der Waals surface area (Å²) in [7, 11) is 0. The molecule has 272 valence electrons. The quantitative estimate of drug-likeness (QED) is 0.157. The first-order valence-corrected chi connectivity index (χ1v) is 18.7. The van der Waals surface area contributed by atoms with Gasteiger partial charge in [-0.25, -0.2) is 4.79 Å². The van der Waals surface area contributed by atoms with Crippen molar-refractivity contribution in [2.75, 3.05) is 26.2 Å². The van der Waals surface area contributed by atoms with E-state index in [9.17, 15) is 19.8 Å². The first kappa shape index (κ1) is 37.2. The van der Waals surface area contributed by atoms with Crippen molar-refractivity contribution in [3.8, 4) is 0 Å². The topological polar surface area (TPSA) is 130 Å². The largest absolute Gasteiger partial charge is 0.457 e. The summed E-state index contributed by atoms with van der Waals surface area (Å²) in [5.41, 5.74) is 0.468. The molecule has 4 aliphatic rings. The number of carbonyl (C=O) groups is 2. The van der Waals surface area contributed by atoms with Gasteiger partial charge < -0.3 is 24.6 Å². The molecule has 0 bridgehead atoms. The van der Waals surface area contributed by atoms with E-state index in [4.69, 9.17) is 9.47 Å². The molecule has 0 unspecified atom stereocenters. The van der Waals surface area contributed by atoms with Gasteiger partial charge in [-0.2, -0.15) is 0 Å². The maximum atomic E-state index is 13.4. The molecule has 2 saturated carbocycles. The van der Waals surface area contributed by atoms with Crippen LogP contribution in [-0.2, 0) is 20.8 Å². The molecule has 2 N–H and O–H groups in total. The molecule has 3 fully saturated rings. The van der Waals surface area contributed by atoms with Gasteiger partial charge in [0.05, 0.1) is 18.2 Å². The maximum absolute atomic E-state index is 13.4. The van der Waals surface area contributed by atoms with Crippen molar-refractivity contribution in [1.82, 2.24) is 24.8 Å². The van der Waals surface area contributed by atoms with Gasteiger partial charge in [-0.1, -0.05) is 69.0 Å². The van der Waals surface area contributed by atoms with Gasteiger partial charge >= 0.3 is 12.1 Å². The Balaban J connectivity index is 1.23. The number of hydrogen-bond acceptors (Lipinski definition) is 9. The summed E-state index contributed by atoms with van der Waals surface area (Å²) in [5, 5.41) is 30.8. The number of amides is 1. The Labute approximate surface area is 292 Å². The molecular weight excluding hydrogens is 622 g/mol. The fourth-order valence-electron chi connectivity index (χ4n) is 7.34. The smallest absolute Gasteiger partial charge is 0.410 e. The van der Waals surface area contributed by atoms with Gasteiger partial charge in [0.2, 0.25) is 0 Å². The lowest BCUT2D eigenvalue weighted by atomic mass is 9.89. The summed E-state index contributed by atoms with van der Waals surface area (Å²) in [4.78, 5) is 30.6. The summed E-state index contributed by atoms with van der Waals surface area (Å²) >= 11 is 0. The Morgan fingerprint density at radius 3 is 2.51 bits per heavy atom. The molecule has 5 rings (SSSR count). The van der Waals surface area contributed by atoms with Gasteiger partial charge in [-0.15, -0.1) is 5.10 Å². The number of aliphatic hydroxyl groups excluding tert-OH is 1. The molecule has 0 aromatic carbocycles. The van der Waals surface area contributed by atoms with Crippen LogP contribution in [0.15, 0.2) is 42.2 Å². The van der Waals surface area contributed by atoms with E-state index in [2.05, 4.69) is 28.2 Å². The maximum Gasteiger partial charge on any atom is 0.410 e. The van der Waals surface area contributed by atoms with Crippen molar-refractivity contribution in [2.24, 2.45) is 11.8 Å². The van der Waals surface area contributed by atoms with E-state index >= 15 is 0 Å². The Morgan fingerprint density at radius 2 is 1.82 bits per heavy atom. The highest BCUT2D eigenvalue weighted by Gasteiger charge is 2.37. The number of hydrogen-bond donors (Lipinski definition) is 2. The van der Waals surface area contributed by atoms with Crippen LogP contribution in [0.1, 0.15) is 110 Å². The summed E-state index contributed by atoms with van der Waals surface area (Å²) in [6.07, 6.45) is 18.8. The van der Waals surface area contributed by atoms with Crippen molar-refractivity contribution in [3.63, 3.8) is 0 Å². The molecular formula is C38H59N5O6. The molecule has 1 amide bonds. The number of allylic oxidation sites excluding steroid dienone is 3. The molecule has 11 heteroatoms. The summed E-state index contributed by atoms with van der Waals surface area (Å²) in [6, 6.07) is 0.599. The summed E-state index contributed by atoms with van der Waals surface area (Å²) in [5.74, 6) is -0.00650. The zero-order valence-electron chi connectivity index (χ0n) is 30.1. The normalized spacial score (nSPS) is 31.8. The number of cyclic esters (lactones) is 1. The van der Waals surface area contributed by atoms with E-state index < -0.39 is 36.0 Å². The third-order valence-electron chi connectivity index (χ3n) is 10.7. The number of rotatable bonds is 8. The van der Waals surface area contributed by atoms with Crippen LogP contribution in [0.3, 0.4) is 0 Å². The van der Waals surface area contributed by atoms with Crippen LogP contribution in [0.25, 0.3) is 0 Å². The van der Waals surface area contributed by atoms with Gasteiger partial charge in [-0.05, 0) is 69.9 Å². The zero-order chi connectivity index (χ0) is 35.0. The Bertz CT molecular complexity index is 1320. The number of aliphatic hydroxyl groups is 2. The predicted octanol–water partition coefficient (Wildman–Crippen LogP) is 5.54. The second-order valence-electron chi connectivity index (χ2n) is 15.3. The molecule has 1 aromatic rings. The minimum atomic E-state index is -1.44. The molecule has 2 aliphatic heterocycles. The Kier molecular flexibility index (Phi) is 13.1. The van der Waals surface area contributed by atoms with Crippen LogP contribution in [0.4, 0.5) is 4.79 Å². The zero-order valence-corrected chi connectivity index (χ0v) is 30.1. The van der Waals surface area contributed by atoms with Gasteiger partial charge in [-0.3, -0.25) is 14.4 Å². The molecule has 6 atom stereocenters. The molecule has 1 aromatic heterocycles. The average molecular weight is 682 g/mol. The van der Waals surface area contributed by atoms with Crippen LogP contribution in [0.5, 0.6) is 0 Å². The lowest BCUT2D eigenvalue weighted by Gasteiger charge is -2.40. The van der Waals surface area contributed by atoms with Crippen molar-refractivity contribution < 1.29 is 29.3 Å². The van der Waals surface area contributed by atoms with Gasteiger partial charge in [0, 0.05) is 56.8 Å². The number of nitrogens with zero attached hydrogens (tertiary/aromatic N) is 5. The Morgan fingerprint density at radius 1 is 1.10 bits per heavy atom. The van der Waals surface area contributed by atoms with E-state index in [1.54, 1.807) is 17.9 Å². The highest BCUT2D eigenvalue weighted by Crippen LogP contribution is 2.38. The van der Waals surface area contributed by atoms with Crippen LogP contribution < -0.4 is 0 Å². The SMILES string of the molecule is C/C(=C\C=C\[C@@H](C)Cn1cc(C2CC2)nn1)[C@H]1OC(=O)C[C@H](O)CC[C@@](C)(O)[C@@H](OC(=O)N2CCN(C3CCCCCC3)CC2)/C=C/[C@@H]1C. The van der Waals surface area contributed by atoms with Crippen LogP contribution in [-0.4, -0.2) is 103 Å². The third kappa shape index (κ3) is 11.0. The van der Waals surface area contributed by atoms with Crippen molar-refractivity contribution in [2.45, 2.75) is 141 Å². The molecule has 3 heterocycles. The number of esters is 1. The second kappa shape index (κ2) is 17.3. The van der Waals surface area contributed by atoms with E-state index in [1.807, 2.05) is 43.0 Å². The second-order valence-corrected chi connectivity index (χ2v) is 15.3. The van der Waals surface area contributed by atoms with Crippen LogP contribution >= 0.6 is 0 Å². The standard InChI is InChI=1S/C38H59N5O6/c1-27(25-43-26-33(39-40-43)30-15-16-30)10-9-11-28(2)36-29(3)14-17-34(38(4,47)19-18-32(44)24-35(45)49-36)48-37(46)42-22-20-41(21-23-42)31-12-7-5-6-8-13-31/h9-11,14,17,26-27,29-32,34,36,44,47H,5-8,12-13,15-16,18-25H2,1-4H3/b10-9+,17-14+,28-11+/t27-,29+,32-,34+,36-,38-/m1/s1. The number of ether oxygens (including phenoxy) is 2. The molecule has 0 spiro atoms. The predicted molar refractivity (Wildman–Crippen MR) is 188 cm³/mol. The van der Waals surface area contributed by atoms with E-state index in [0.29, 0.717) is 25.0 Å². The monoisotopic (exact) mass is 681 g/mol. The third-order valence-corrected chi connectivity index (χ3v) is 10.7. The lowest BCUT2D eigenvalue weighted by Crippen LogP contribution is -2.53. The van der Waals surface area contributed by atoms with E-state index in [0.717, 1.165) is 30.9 Å². The van der Waals surface area contributed by atoms with E-state index in [1.165, 1.54) is 51.4 Å². The van der Waals surface area contributed by atoms with E-state index in [-0.39, 0.29) is 31.1 Å². The minimum Gasteiger partial charge on any atom is -0.457 e. The Hall–Kier alpha value is -3.02. The number of piperazine rings is 1. The summed E-state index contributed by atoms with van der Waals surface area (Å²) < 4.78 is 13.8. The fourth-order valence-corrected chi connectivity index (χ4v) is 7.34. The van der Waals surface area contributed by atoms with Gasteiger partial charge in [0.15, 0.2) is 6.10 Å². The molecule has 11 nitrogen and oxygen atoms in total. The number of aromatic nitrogens is 3. The van der Waals surface area contributed by atoms with Crippen molar-refractivity contribution in [1.29, 1.82) is 0 Å². The minimum absolute atomic E-state index is 0.148. The van der Waals surface area contributed by atoms with Crippen LogP contribution in [0, 0.1) is 11.8 Å². The summed E-state index contributed by atoms with van der Waals surface area (Å²) in [6.45, 7) is 11.2. The first-order valence-electron chi connectivity index (χ1n) is 18.7. The lowest BCUT2D eigenvalue weighted by molar-refractivity contribution is -0.151. The fraction of sp³-hybridized carbons (Fsp3) is 0.737. The molecule has 1 saturated heterocycles. The van der Waals surface area contributed by atoms with Gasteiger partial charge in [0.1, 0.15) is 11.7 Å². The molecule has 49 heavy (non-hydrogen) atoms. The van der Waals surface area contributed by atoms with Crippen molar-refractivity contribution >= 4 is 12.1 Å². The highest BCUT2D eigenvalue weighted by atomic mass is 16.6. The molecule has 0 radical (unpaired) electrons. The van der Waals surface area contributed by atoms with Crippen molar-refractivity contribution in [3.05, 3.63) is 47.8 Å². The first-order chi connectivity index (χ1) is 23.5. The number of carbonyl (C=O) groups excluding carboxylic acids is 2. The molecule has 2 aliphatic carbocycles. The van der Waals surface area contributed by atoms with Gasteiger partial charge in [0.25, 0.3) is 0 Å². The average Bonchev–Trinajstić information content (AvgIpc) is 3.87. The van der Waals surface area contributed by atoms with Crippen LogP contribution in [0.2, 0.25) is 0 Å². The highest BCUT2D eigenvalue weighted by molar-refractivity contribution is 5.70.